The van der Waals surface area contributed by atoms with Gasteiger partial charge in [-0.3, -0.25) is 4.79 Å². The molecule has 0 saturated carbocycles. The maximum Gasteiger partial charge on any atom is 0.428 e. The number of pyridine rings is 1. The number of hydrazone groups is 1. The van der Waals surface area contributed by atoms with Crippen molar-refractivity contribution in [3.05, 3.63) is 70.0 Å². The van der Waals surface area contributed by atoms with E-state index in [4.69, 9.17) is 4.74 Å². The minimum atomic E-state index is -4.76. The van der Waals surface area contributed by atoms with Crippen molar-refractivity contribution >= 4 is 23.1 Å². The number of amides is 1. The van der Waals surface area contributed by atoms with E-state index in [0.717, 1.165) is 18.3 Å². The average molecular weight is 447 g/mol. The Labute approximate surface area is 180 Å². The van der Waals surface area contributed by atoms with Gasteiger partial charge in [-0.1, -0.05) is 30.3 Å². The van der Waals surface area contributed by atoms with Crippen LogP contribution in [0.4, 0.5) is 18.0 Å². The number of aromatic hydroxyl groups is 1. The van der Waals surface area contributed by atoms with E-state index in [1.807, 2.05) is 0 Å². The number of alkyl halides is 3. The Kier molecular flexibility index (Phi) is 5.98. The highest BCUT2D eigenvalue weighted by molar-refractivity contribution is 6.01. The first-order valence-electron chi connectivity index (χ1n) is 9.45. The first-order valence-corrected chi connectivity index (χ1v) is 9.45. The molecule has 1 heterocycles. The first-order chi connectivity index (χ1) is 14.9. The van der Waals surface area contributed by atoms with Crippen LogP contribution in [0.5, 0.6) is 5.88 Å². The number of aromatic nitrogens is 1. The minimum Gasteiger partial charge on any atom is -0.494 e. The molecule has 0 bridgehead atoms. The van der Waals surface area contributed by atoms with Crippen LogP contribution in [0.25, 0.3) is 16.5 Å². The molecule has 0 unspecified atom stereocenters. The summed E-state index contributed by atoms with van der Waals surface area (Å²) in [5, 5.41) is 14.8. The van der Waals surface area contributed by atoms with Gasteiger partial charge in [0, 0.05) is 10.8 Å². The van der Waals surface area contributed by atoms with Crippen LogP contribution in [0.1, 0.15) is 31.9 Å². The fourth-order valence-corrected chi connectivity index (χ4v) is 3.07. The molecular weight excluding hydrogens is 427 g/mol. The average Bonchev–Trinajstić information content (AvgIpc) is 2.69. The molecule has 10 heteroatoms. The third-order valence-electron chi connectivity index (χ3n) is 4.30. The monoisotopic (exact) mass is 447 g/mol. The molecular formula is C22H20F3N3O4. The number of carbonyl (C=O) groups excluding carboxylic acids is 1. The second-order valence-electron chi connectivity index (χ2n) is 7.81. The van der Waals surface area contributed by atoms with Crippen molar-refractivity contribution < 1.29 is 27.8 Å². The largest absolute Gasteiger partial charge is 0.494 e. The van der Waals surface area contributed by atoms with Crippen LogP contribution in [0.3, 0.4) is 0 Å². The summed E-state index contributed by atoms with van der Waals surface area (Å²) in [5.74, 6) is -0.764. The number of halogens is 3. The zero-order valence-electron chi connectivity index (χ0n) is 17.4. The molecule has 0 aliphatic rings. The highest BCUT2D eigenvalue weighted by atomic mass is 19.4. The number of ether oxygens (including phenoxy) is 1. The molecule has 1 amide bonds. The number of hydrogen-bond acceptors (Lipinski definition) is 5. The molecule has 0 spiro atoms. The first kappa shape index (κ1) is 22.9. The number of hydrogen-bond donors (Lipinski definition) is 2. The van der Waals surface area contributed by atoms with Gasteiger partial charge in [0.2, 0.25) is 5.88 Å². The summed E-state index contributed by atoms with van der Waals surface area (Å²) in [7, 11) is 0. The Hall–Kier alpha value is -3.82. The predicted molar refractivity (Wildman–Crippen MR) is 113 cm³/mol. The quantitative estimate of drug-likeness (QED) is 0.454. The van der Waals surface area contributed by atoms with Gasteiger partial charge in [-0.05, 0) is 39.0 Å². The van der Waals surface area contributed by atoms with Crippen molar-refractivity contribution in [2.75, 3.05) is 0 Å². The normalized spacial score (nSPS) is 12.3. The Bertz CT molecular complexity index is 1260. The number of carbonyl (C=O) groups is 1. The van der Waals surface area contributed by atoms with E-state index in [2.05, 4.69) is 10.5 Å². The van der Waals surface area contributed by atoms with Gasteiger partial charge in [0.15, 0.2) is 0 Å². The van der Waals surface area contributed by atoms with Gasteiger partial charge < -0.3 is 9.84 Å². The summed E-state index contributed by atoms with van der Waals surface area (Å²) in [5.41, 5.74) is -1.19. The van der Waals surface area contributed by atoms with Crippen LogP contribution in [-0.2, 0) is 10.9 Å². The van der Waals surface area contributed by atoms with E-state index in [0.29, 0.717) is 4.57 Å². The molecule has 32 heavy (non-hydrogen) atoms. The van der Waals surface area contributed by atoms with Crippen LogP contribution in [0.15, 0.2) is 58.4 Å². The molecule has 0 atom stereocenters. The predicted octanol–water partition coefficient (Wildman–Crippen LogP) is 4.57. The van der Waals surface area contributed by atoms with E-state index >= 15 is 0 Å². The van der Waals surface area contributed by atoms with Crippen molar-refractivity contribution in [3.8, 4) is 11.6 Å². The maximum absolute atomic E-state index is 13.6. The van der Waals surface area contributed by atoms with Gasteiger partial charge in [-0.25, -0.2) is 14.8 Å². The Morgan fingerprint density at radius 2 is 1.66 bits per heavy atom. The lowest BCUT2D eigenvalue weighted by Crippen LogP contribution is -2.29. The summed E-state index contributed by atoms with van der Waals surface area (Å²) < 4.78 is 46.3. The topological polar surface area (TPSA) is 92.9 Å². The molecule has 2 aromatic carbocycles. The summed E-state index contributed by atoms with van der Waals surface area (Å²) in [4.78, 5) is 24.8. The Morgan fingerprint density at radius 1 is 1.06 bits per heavy atom. The second kappa shape index (κ2) is 8.37. The molecule has 0 saturated heterocycles. The van der Waals surface area contributed by atoms with Gasteiger partial charge in [0.1, 0.15) is 5.60 Å². The SMILES string of the molecule is CC(C)(C)OC(=O)N/N=C/c1c(O)n(-c2ccccc2C(F)(F)F)c(=O)c2ccccc12. The number of rotatable bonds is 3. The van der Waals surface area contributed by atoms with Crippen molar-refractivity contribution in [1.29, 1.82) is 0 Å². The summed E-state index contributed by atoms with van der Waals surface area (Å²) in [6.07, 6.45) is -4.60. The molecule has 3 rings (SSSR count). The van der Waals surface area contributed by atoms with Crippen molar-refractivity contribution in [1.82, 2.24) is 9.99 Å². The number of para-hydroxylation sites is 1. The van der Waals surface area contributed by atoms with Crippen LogP contribution < -0.4 is 11.0 Å². The molecule has 1 aromatic heterocycles. The van der Waals surface area contributed by atoms with E-state index in [-0.39, 0.29) is 16.3 Å². The summed E-state index contributed by atoms with van der Waals surface area (Å²) in [6.45, 7) is 4.97. The van der Waals surface area contributed by atoms with E-state index in [9.17, 15) is 27.9 Å². The summed E-state index contributed by atoms with van der Waals surface area (Å²) in [6, 6.07) is 10.5. The van der Waals surface area contributed by atoms with Gasteiger partial charge in [-0.15, -0.1) is 0 Å². The van der Waals surface area contributed by atoms with E-state index < -0.39 is 40.6 Å². The lowest BCUT2D eigenvalue weighted by atomic mass is 10.1. The molecule has 3 aromatic rings. The highest BCUT2D eigenvalue weighted by Gasteiger charge is 2.34. The molecule has 168 valence electrons. The summed E-state index contributed by atoms with van der Waals surface area (Å²) >= 11 is 0. The van der Waals surface area contributed by atoms with Gasteiger partial charge >= 0.3 is 12.3 Å². The zero-order valence-corrected chi connectivity index (χ0v) is 17.4. The van der Waals surface area contributed by atoms with E-state index in [1.165, 1.54) is 24.3 Å². The van der Waals surface area contributed by atoms with Crippen LogP contribution in [0, 0.1) is 0 Å². The van der Waals surface area contributed by atoms with E-state index in [1.54, 1.807) is 32.9 Å². The van der Waals surface area contributed by atoms with Crippen LogP contribution in [0.2, 0.25) is 0 Å². The fourth-order valence-electron chi connectivity index (χ4n) is 3.07. The van der Waals surface area contributed by atoms with Gasteiger partial charge in [0.05, 0.1) is 23.0 Å². The second-order valence-corrected chi connectivity index (χ2v) is 7.81. The molecule has 0 aliphatic carbocycles. The van der Waals surface area contributed by atoms with Crippen molar-refractivity contribution in [3.63, 3.8) is 0 Å². The number of fused-ring (bicyclic) bond motifs is 1. The lowest BCUT2D eigenvalue weighted by molar-refractivity contribution is -0.137. The van der Waals surface area contributed by atoms with Gasteiger partial charge in [-0.2, -0.15) is 18.3 Å². The minimum absolute atomic E-state index is 0.0565. The highest BCUT2D eigenvalue weighted by Crippen LogP contribution is 2.35. The number of benzene rings is 2. The van der Waals surface area contributed by atoms with Gasteiger partial charge in [0.25, 0.3) is 5.56 Å². The molecule has 2 N–H and O–H groups in total. The molecule has 7 nitrogen and oxygen atoms in total. The maximum atomic E-state index is 13.6. The Balaban J connectivity index is 2.19. The smallest absolute Gasteiger partial charge is 0.428 e. The van der Waals surface area contributed by atoms with Crippen molar-refractivity contribution in [2.24, 2.45) is 5.10 Å². The molecule has 0 radical (unpaired) electrons. The molecule has 0 aliphatic heterocycles. The standard InChI is InChI=1S/C22H20F3N3O4/c1-21(2,3)32-20(31)27-26-12-15-13-8-4-5-9-14(13)18(29)28(19(15)30)17-11-7-6-10-16(17)22(23,24)25/h4-12,30H,1-3H3,(H,27,31)/b26-12+. The van der Waals surface area contributed by atoms with Crippen LogP contribution >= 0.6 is 0 Å². The lowest BCUT2D eigenvalue weighted by Gasteiger charge is -2.19. The zero-order chi connectivity index (χ0) is 23.7. The van der Waals surface area contributed by atoms with Crippen LogP contribution in [-0.4, -0.2) is 27.6 Å². The Morgan fingerprint density at radius 3 is 2.28 bits per heavy atom. The van der Waals surface area contributed by atoms with Crippen molar-refractivity contribution in [2.45, 2.75) is 32.5 Å². The third kappa shape index (κ3) is 4.74. The fraction of sp³-hybridized carbons (Fsp3) is 0.227. The number of nitrogens with one attached hydrogen (secondary N) is 1. The number of nitrogens with zero attached hydrogens (tertiary/aromatic N) is 2. The molecule has 0 fully saturated rings. The third-order valence-corrected chi connectivity index (χ3v) is 4.30.